The van der Waals surface area contributed by atoms with Crippen LogP contribution in [0.4, 0.5) is 0 Å². The zero-order chi connectivity index (χ0) is 17.1. The van der Waals surface area contributed by atoms with Crippen molar-refractivity contribution in [1.29, 1.82) is 0 Å². The summed E-state index contributed by atoms with van der Waals surface area (Å²) in [7, 11) is 0. The van der Waals surface area contributed by atoms with Crippen LogP contribution in [-0.4, -0.2) is 51.9 Å². The maximum absolute atomic E-state index is 12.3. The quantitative estimate of drug-likeness (QED) is 0.724. The number of nitrogens with zero attached hydrogens (tertiary/aromatic N) is 4. The van der Waals surface area contributed by atoms with Crippen LogP contribution < -0.4 is 0 Å². The molecule has 1 fully saturated rings. The van der Waals surface area contributed by atoms with Crippen molar-refractivity contribution < 1.29 is 4.79 Å². The molecule has 0 unspecified atom stereocenters. The van der Waals surface area contributed by atoms with E-state index >= 15 is 0 Å². The molecule has 1 amide bonds. The number of amides is 1. The summed E-state index contributed by atoms with van der Waals surface area (Å²) < 4.78 is 0. The molecule has 3 aromatic rings. The highest BCUT2D eigenvalue weighted by molar-refractivity contribution is 7.09. The minimum absolute atomic E-state index is 0.182. The molecule has 1 aromatic carbocycles. The van der Waals surface area contributed by atoms with Gasteiger partial charge in [-0.3, -0.25) is 14.7 Å². The Balaban J connectivity index is 1.32. The molecule has 1 saturated heterocycles. The molecule has 0 atom stereocenters. The number of piperazine rings is 1. The van der Waals surface area contributed by atoms with Gasteiger partial charge in [-0.1, -0.05) is 18.2 Å². The fourth-order valence-electron chi connectivity index (χ4n) is 3.20. The van der Waals surface area contributed by atoms with E-state index in [9.17, 15) is 4.79 Å². The monoisotopic (exact) mass is 352 g/mol. The molecule has 0 aliphatic carbocycles. The summed E-state index contributed by atoms with van der Waals surface area (Å²) in [5.74, 6) is 0.182. The first-order chi connectivity index (χ1) is 12.3. The third-order valence-electron chi connectivity index (χ3n) is 4.56. The highest BCUT2D eigenvalue weighted by Gasteiger charge is 2.21. The lowest BCUT2D eigenvalue weighted by Crippen LogP contribution is -2.48. The van der Waals surface area contributed by atoms with E-state index in [4.69, 9.17) is 0 Å². The second kappa shape index (κ2) is 7.29. The largest absolute Gasteiger partial charge is 0.340 e. The highest BCUT2D eigenvalue weighted by Crippen LogP contribution is 2.15. The first kappa shape index (κ1) is 16.2. The Hall–Kier alpha value is -2.31. The van der Waals surface area contributed by atoms with Crippen molar-refractivity contribution in [1.82, 2.24) is 19.8 Å². The summed E-state index contributed by atoms with van der Waals surface area (Å²) in [6.07, 6.45) is 4.14. The number of para-hydroxylation sites is 1. The van der Waals surface area contributed by atoms with Crippen molar-refractivity contribution in [2.45, 2.75) is 13.0 Å². The number of fused-ring (bicyclic) bond motifs is 1. The fraction of sp³-hybridized carbons (Fsp3) is 0.316. The van der Waals surface area contributed by atoms with E-state index in [1.807, 2.05) is 34.7 Å². The average molecular weight is 352 g/mol. The molecular formula is C19H20N4OS. The van der Waals surface area contributed by atoms with Crippen molar-refractivity contribution in [3.63, 3.8) is 0 Å². The summed E-state index contributed by atoms with van der Waals surface area (Å²) in [4.78, 5) is 25.4. The first-order valence-corrected chi connectivity index (χ1v) is 9.38. The third kappa shape index (κ3) is 3.86. The van der Waals surface area contributed by atoms with Crippen LogP contribution in [-0.2, 0) is 17.8 Å². The molecule has 3 heterocycles. The molecule has 0 saturated carbocycles. The Morgan fingerprint density at radius 1 is 1.12 bits per heavy atom. The van der Waals surface area contributed by atoms with Crippen LogP contribution in [0.15, 0.2) is 48.1 Å². The number of benzene rings is 1. The summed E-state index contributed by atoms with van der Waals surface area (Å²) in [6.45, 7) is 4.25. The number of thiazole rings is 1. The van der Waals surface area contributed by atoms with Crippen LogP contribution in [0.2, 0.25) is 0 Å². The van der Waals surface area contributed by atoms with E-state index in [1.54, 1.807) is 17.5 Å². The summed E-state index contributed by atoms with van der Waals surface area (Å²) in [5, 5.41) is 3.99. The maximum Gasteiger partial charge on any atom is 0.229 e. The first-order valence-electron chi connectivity index (χ1n) is 8.50. The van der Waals surface area contributed by atoms with Crippen LogP contribution in [0.5, 0.6) is 0 Å². The molecule has 0 radical (unpaired) electrons. The average Bonchev–Trinajstić information content (AvgIpc) is 3.15. The zero-order valence-corrected chi connectivity index (χ0v) is 14.8. The van der Waals surface area contributed by atoms with Gasteiger partial charge in [0.05, 0.1) is 11.9 Å². The number of hydrogen-bond donors (Lipinski definition) is 0. The summed E-state index contributed by atoms with van der Waals surface area (Å²) in [6, 6.07) is 10.4. The lowest BCUT2D eigenvalue weighted by atomic mass is 10.1. The molecule has 0 bridgehead atoms. The lowest BCUT2D eigenvalue weighted by molar-refractivity contribution is -0.132. The number of carbonyl (C=O) groups excluding carboxylic acids is 1. The Labute approximate surface area is 150 Å². The van der Waals surface area contributed by atoms with Crippen LogP contribution in [0.3, 0.4) is 0 Å². The lowest BCUT2D eigenvalue weighted by Gasteiger charge is -2.34. The zero-order valence-electron chi connectivity index (χ0n) is 14.0. The summed E-state index contributed by atoms with van der Waals surface area (Å²) >= 11 is 1.54. The second-order valence-corrected chi connectivity index (χ2v) is 7.27. The predicted octanol–water partition coefficient (Wildman–Crippen LogP) is 2.58. The van der Waals surface area contributed by atoms with Crippen LogP contribution in [0.1, 0.15) is 10.6 Å². The Morgan fingerprint density at radius 3 is 2.76 bits per heavy atom. The van der Waals surface area contributed by atoms with Crippen molar-refractivity contribution in [2.75, 3.05) is 26.2 Å². The van der Waals surface area contributed by atoms with Gasteiger partial charge in [0.2, 0.25) is 5.91 Å². The molecule has 128 valence electrons. The molecule has 5 nitrogen and oxygen atoms in total. The van der Waals surface area contributed by atoms with Crippen molar-refractivity contribution in [3.8, 4) is 0 Å². The van der Waals surface area contributed by atoms with Gasteiger partial charge in [0.25, 0.3) is 0 Å². The van der Waals surface area contributed by atoms with Gasteiger partial charge in [-0.15, -0.1) is 11.3 Å². The van der Waals surface area contributed by atoms with Crippen molar-refractivity contribution in [2.24, 2.45) is 0 Å². The van der Waals surface area contributed by atoms with E-state index < -0.39 is 0 Å². The van der Waals surface area contributed by atoms with Crippen LogP contribution in [0, 0.1) is 0 Å². The SMILES string of the molecule is O=C(Cc1nccs1)N1CCN(Cc2cnc3ccccc3c2)CC1. The molecule has 6 heteroatoms. The van der Waals surface area contributed by atoms with Gasteiger partial charge in [-0.05, 0) is 17.7 Å². The van der Waals surface area contributed by atoms with Crippen molar-refractivity contribution >= 4 is 28.1 Å². The number of carbonyl (C=O) groups is 1. The van der Waals surface area contributed by atoms with Gasteiger partial charge in [0.15, 0.2) is 0 Å². The van der Waals surface area contributed by atoms with E-state index in [0.717, 1.165) is 43.2 Å². The van der Waals surface area contributed by atoms with Crippen LogP contribution >= 0.6 is 11.3 Å². The topological polar surface area (TPSA) is 49.3 Å². The van der Waals surface area contributed by atoms with E-state index in [2.05, 4.69) is 27.0 Å². The van der Waals surface area contributed by atoms with Gasteiger partial charge < -0.3 is 4.90 Å². The smallest absolute Gasteiger partial charge is 0.229 e. The van der Waals surface area contributed by atoms with Gasteiger partial charge in [-0.25, -0.2) is 4.98 Å². The summed E-state index contributed by atoms with van der Waals surface area (Å²) in [5.41, 5.74) is 2.25. The Morgan fingerprint density at radius 2 is 1.96 bits per heavy atom. The molecule has 1 aliphatic heterocycles. The second-order valence-electron chi connectivity index (χ2n) is 6.30. The van der Waals surface area contributed by atoms with Gasteiger partial charge in [-0.2, -0.15) is 0 Å². The molecule has 2 aromatic heterocycles. The Kier molecular flexibility index (Phi) is 4.72. The number of rotatable bonds is 4. The van der Waals surface area contributed by atoms with Gasteiger partial charge in [0, 0.05) is 55.9 Å². The highest BCUT2D eigenvalue weighted by atomic mass is 32.1. The predicted molar refractivity (Wildman–Crippen MR) is 99.4 cm³/mol. The maximum atomic E-state index is 12.3. The minimum Gasteiger partial charge on any atom is -0.340 e. The number of hydrogen-bond acceptors (Lipinski definition) is 5. The number of pyridine rings is 1. The molecule has 4 rings (SSSR count). The molecule has 0 N–H and O–H groups in total. The van der Waals surface area contributed by atoms with E-state index in [0.29, 0.717) is 6.42 Å². The molecular weight excluding hydrogens is 332 g/mol. The normalized spacial score (nSPS) is 15.6. The molecule has 0 spiro atoms. The molecule has 1 aliphatic rings. The van der Waals surface area contributed by atoms with E-state index in [1.165, 1.54) is 10.9 Å². The fourth-order valence-corrected chi connectivity index (χ4v) is 3.81. The standard InChI is InChI=1S/C19H20N4OS/c24-19(12-18-20-5-10-25-18)23-8-6-22(7-9-23)14-15-11-16-3-1-2-4-17(16)21-13-15/h1-5,10-11,13H,6-9,12,14H2. The molecule has 25 heavy (non-hydrogen) atoms. The van der Waals surface area contributed by atoms with Crippen LogP contribution in [0.25, 0.3) is 10.9 Å². The minimum atomic E-state index is 0.182. The Bertz CT molecular complexity index is 857. The van der Waals surface area contributed by atoms with Crippen molar-refractivity contribution in [3.05, 3.63) is 58.7 Å². The third-order valence-corrected chi connectivity index (χ3v) is 5.34. The number of aromatic nitrogens is 2. The van der Waals surface area contributed by atoms with Gasteiger partial charge >= 0.3 is 0 Å². The van der Waals surface area contributed by atoms with Gasteiger partial charge in [0.1, 0.15) is 5.01 Å². The van der Waals surface area contributed by atoms with E-state index in [-0.39, 0.29) is 5.91 Å².